The molecule has 4 N–H and O–H groups in total. The third-order valence-corrected chi connectivity index (χ3v) is 3.51. The van der Waals surface area contributed by atoms with Crippen molar-refractivity contribution in [3.05, 3.63) is 40.3 Å². The molecule has 0 fully saturated rings. The molecule has 0 aliphatic rings. The van der Waals surface area contributed by atoms with Crippen LogP contribution in [-0.4, -0.2) is 38.2 Å². The van der Waals surface area contributed by atoms with E-state index in [0.29, 0.717) is 10.4 Å². The van der Waals surface area contributed by atoms with Gasteiger partial charge in [0, 0.05) is 6.42 Å². The lowest BCUT2D eigenvalue weighted by Gasteiger charge is -2.14. The third-order valence-electron chi connectivity index (χ3n) is 2.74. The van der Waals surface area contributed by atoms with Crippen molar-refractivity contribution in [2.45, 2.75) is 12.5 Å². The van der Waals surface area contributed by atoms with Crippen LogP contribution in [-0.2, 0) is 11.2 Å². The number of amides is 1. The number of phenols is 2. The Labute approximate surface area is 123 Å². The molecule has 1 aromatic heterocycles. The molecule has 1 atom stereocenters. The number of hydrogen-bond acceptors (Lipinski definition) is 6. The van der Waals surface area contributed by atoms with Crippen molar-refractivity contribution in [2.75, 3.05) is 0 Å². The second-order valence-corrected chi connectivity index (χ2v) is 5.14. The first-order chi connectivity index (χ1) is 9.97. The Morgan fingerprint density at radius 2 is 2.05 bits per heavy atom. The van der Waals surface area contributed by atoms with Gasteiger partial charge in [0.1, 0.15) is 10.9 Å². The number of aromatic nitrogens is 1. The van der Waals surface area contributed by atoms with E-state index in [1.807, 2.05) is 0 Å². The highest BCUT2D eigenvalue weighted by Crippen LogP contribution is 2.25. The van der Waals surface area contributed by atoms with E-state index in [9.17, 15) is 19.8 Å². The van der Waals surface area contributed by atoms with Crippen molar-refractivity contribution < 1.29 is 24.9 Å². The number of carboxylic acid groups (broad SMARTS) is 1. The van der Waals surface area contributed by atoms with Gasteiger partial charge in [0.15, 0.2) is 11.5 Å². The van der Waals surface area contributed by atoms with Gasteiger partial charge >= 0.3 is 5.97 Å². The van der Waals surface area contributed by atoms with Gasteiger partial charge in [-0.05, 0) is 17.7 Å². The van der Waals surface area contributed by atoms with Crippen LogP contribution in [0.25, 0.3) is 0 Å². The van der Waals surface area contributed by atoms with Crippen LogP contribution in [0.1, 0.15) is 15.2 Å². The van der Waals surface area contributed by atoms with Gasteiger partial charge in [-0.15, -0.1) is 11.3 Å². The van der Waals surface area contributed by atoms with E-state index < -0.39 is 17.9 Å². The first-order valence-corrected chi connectivity index (χ1v) is 6.78. The number of aliphatic carboxylic acids is 1. The molecule has 0 saturated carbocycles. The summed E-state index contributed by atoms with van der Waals surface area (Å²) in [6.45, 7) is 0. The number of thiazole rings is 1. The summed E-state index contributed by atoms with van der Waals surface area (Å²) in [5.41, 5.74) is 1.95. The summed E-state index contributed by atoms with van der Waals surface area (Å²) in [5.74, 6) is -2.35. The molecule has 21 heavy (non-hydrogen) atoms. The minimum Gasteiger partial charge on any atom is -0.504 e. The number of nitrogens with one attached hydrogen (secondary N) is 1. The maximum atomic E-state index is 11.8. The van der Waals surface area contributed by atoms with Gasteiger partial charge in [-0.2, -0.15) is 0 Å². The fraction of sp³-hybridized carbons (Fsp3) is 0.154. The van der Waals surface area contributed by atoms with Crippen molar-refractivity contribution in [2.24, 2.45) is 0 Å². The van der Waals surface area contributed by atoms with E-state index in [1.165, 1.54) is 29.9 Å². The molecule has 0 aliphatic heterocycles. The van der Waals surface area contributed by atoms with Crippen molar-refractivity contribution in [3.63, 3.8) is 0 Å². The zero-order chi connectivity index (χ0) is 15.4. The Balaban J connectivity index is 2.10. The third kappa shape index (κ3) is 3.69. The normalized spacial score (nSPS) is 11.8. The van der Waals surface area contributed by atoms with Crippen LogP contribution in [0.4, 0.5) is 0 Å². The predicted molar refractivity (Wildman–Crippen MR) is 74.5 cm³/mol. The number of benzene rings is 1. The molecule has 1 aromatic carbocycles. The Bertz CT molecular complexity index is 657. The Kier molecular flexibility index (Phi) is 4.39. The molecule has 1 amide bonds. The molecule has 2 aromatic rings. The zero-order valence-corrected chi connectivity index (χ0v) is 11.5. The van der Waals surface area contributed by atoms with Crippen LogP contribution in [0.5, 0.6) is 11.5 Å². The number of carbonyl (C=O) groups is 2. The molecule has 2 rings (SSSR count). The molecule has 8 heteroatoms. The number of rotatable bonds is 5. The lowest BCUT2D eigenvalue weighted by atomic mass is 10.1. The van der Waals surface area contributed by atoms with E-state index in [4.69, 9.17) is 5.11 Å². The van der Waals surface area contributed by atoms with Crippen LogP contribution in [0.15, 0.2) is 29.9 Å². The van der Waals surface area contributed by atoms with Gasteiger partial charge in [0.2, 0.25) is 0 Å². The highest BCUT2D eigenvalue weighted by Gasteiger charge is 2.22. The average molecular weight is 308 g/mol. The summed E-state index contributed by atoms with van der Waals surface area (Å²) in [6.07, 6.45) is 1.33. The van der Waals surface area contributed by atoms with E-state index in [0.717, 1.165) is 11.3 Å². The van der Waals surface area contributed by atoms with Gasteiger partial charge in [-0.1, -0.05) is 6.07 Å². The monoisotopic (exact) mass is 308 g/mol. The van der Waals surface area contributed by atoms with Crippen LogP contribution in [0.2, 0.25) is 0 Å². The van der Waals surface area contributed by atoms with Crippen LogP contribution in [0.3, 0.4) is 0 Å². The molecule has 7 nitrogen and oxygen atoms in total. The summed E-state index contributed by atoms with van der Waals surface area (Å²) in [4.78, 5) is 27.1. The van der Waals surface area contributed by atoms with Crippen molar-refractivity contribution in [1.82, 2.24) is 10.3 Å². The summed E-state index contributed by atoms with van der Waals surface area (Å²) in [7, 11) is 0. The predicted octanol–water partition coefficient (Wildman–Crippen LogP) is 0.980. The molecule has 110 valence electrons. The fourth-order valence-electron chi connectivity index (χ4n) is 1.69. The molecule has 1 heterocycles. The summed E-state index contributed by atoms with van der Waals surface area (Å²) < 4.78 is 0. The van der Waals surface area contributed by atoms with Gasteiger partial charge < -0.3 is 20.6 Å². The van der Waals surface area contributed by atoms with Gasteiger partial charge in [0.05, 0.1) is 11.7 Å². The van der Waals surface area contributed by atoms with Gasteiger partial charge in [0.25, 0.3) is 5.91 Å². The first kappa shape index (κ1) is 14.8. The Hall–Kier alpha value is -2.61. The average Bonchev–Trinajstić information content (AvgIpc) is 2.96. The van der Waals surface area contributed by atoms with E-state index in [2.05, 4.69) is 10.3 Å². The number of hydrogen-bond donors (Lipinski definition) is 4. The maximum Gasteiger partial charge on any atom is 0.326 e. The van der Waals surface area contributed by atoms with Crippen molar-refractivity contribution in [1.29, 1.82) is 0 Å². The van der Waals surface area contributed by atoms with E-state index >= 15 is 0 Å². The minimum absolute atomic E-state index is 0.0201. The van der Waals surface area contributed by atoms with Gasteiger partial charge in [-0.25, -0.2) is 4.79 Å². The van der Waals surface area contributed by atoms with E-state index in [1.54, 1.807) is 0 Å². The number of nitrogens with zero attached hydrogens (tertiary/aromatic N) is 1. The zero-order valence-electron chi connectivity index (χ0n) is 10.7. The maximum absolute atomic E-state index is 11.8. The van der Waals surface area contributed by atoms with Crippen molar-refractivity contribution in [3.8, 4) is 11.5 Å². The van der Waals surface area contributed by atoms with E-state index in [-0.39, 0.29) is 17.9 Å². The van der Waals surface area contributed by atoms with Crippen molar-refractivity contribution >= 4 is 23.2 Å². The molecule has 0 bridgehead atoms. The number of phenolic OH excluding ortho intramolecular Hbond substituents is 2. The Morgan fingerprint density at radius 3 is 2.62 bits per heavy atom. The number of carbonyl (C=O) groups excluding carboxylic acids is 1. The molecule has 1 unspecified atom stereocenters. The lowest BCUT2D eigenvalue weighted by Crippen LogP contribution is -2.42. The number of carboxylic acids is 1. The molecule has 0 spiro atoms. The standard InChI is InChI=1S/C13H12N2O5S/c16-9-2-1-7(4-10(9)17)3-8(13(19)20)15-12(18)11-5-14-6-21-11/h1-2,4-6,8,16-17H,3H2,(H,15,18)(H,19,20). The minimum atomic E-state index is -1.19. The summed E-state index contributed by atoms with van der Waals surface area (Å²) in [5, 5.41) is 30.2. The quantitative estimate of drug-likeness (QED) is 0.611. The van der Waals surface area contributed by atoms with Gasteiger partial charge in [-0.3, -0.25) is 9.78 Å². The smallest absolute Gasteiger partial charge is 0.326 e. The largest absolute Gasteiger partial charge is 0.504 e. The topological polar surface area (TPSA) is 120 Å². The highest BCUT2D eigenvalue weighted by molar-refractivity contribution is 7.11. The van der Waals surface area contributed by atoms with Crippen LogP contribution >= 0.6 is 11.3 Å². The van der Waals surface area contributed by atoms with Crippen LogP contribution < -0.4 is 5.32 Å². The second kappa shape index (κ2) is 6.23. The van der Waals surface area contributed by atoms with Crippen LogP contribution in [0, 0.1) is 0 Å². The molecule has 0 radical (unpaired) electrons. The highest BCUT2D eigenvalue weighted by atomic mass is 32.1. The lowest BCUT2D eigenvalue weighted by molar-refractivity contribution is -0.139. The first-order valence-electron chi connectivity index (χ1n) is 5.90. The molecule has 0 aliphatic carbocycles. The molecular formula is C13H12N2O5S. The SMILES string of the molecule is O=C(NC(Cc1ccc(O)c(O)c1)C(=O)O)c1cncs1. The second-order valence-electron chi connectivity index (χ2n) is 4.26. The fourth-order valence-corrected chi connectivity index (χ4v) is 2.21. The Morgan fingerprint density at radius 1 is 1.29 bits per heavy atom. The summed E-state index contributed by atoms with van der Waals surface area (Å²) >= 11 is 1.11. The summed E-state index contributed by atoms with van der Waals surface area (Å²) in [6, 6.07) is 2.84. The number of aromatic hydroxyl groups is 2. The molecule has 0 saturated heterocycles. The molecular weight excluding hydrogens is 296 g/mol.